The predicted octanol–water partition coefficient (Wildman–Crippen LogP) is 0.217. The summed E-state index contributed by atoms with van der Waals surface area (Å²) in [5.41, 5.74) is 0. The summed E-state index contributed by atoms with van der Waals surface area (Å²) < 4.78 is 4.70. The summed E-state index contributed by atoms with van der Waals surface area (Å²) in [6.45, 7) is 3.24. The van der Waals surface area contributed by atoms with Gasteiger partial charge < -0.3 is 15.4 Å². The Morgan fingerprint density at radius 3 is 2.33 bits per heavy atom. The van der Waals surface area contributed by atoms with Gasteiger partial charge in [-0.2, -0.15) is 0 Å². The Labute approximate surface area is 107 Å². The van der Waals surface area contributed by atoms with Gasteiger partial charge in [-0.3, -0.25) is 14.4 Å². The molecule has 18 heavy (non-hydrogen) atoms. The molecule has 104 valence electrons. The Morgan fingerprint density at radius 1 is 1.28 bits per heavy atom. The second-order valence-corrected chi connectivity index (χ2v) is 4.27. The van der Waals surface area contributed by atoms with Crippen molar-refractivity contribution in [1.82, 2.24) is 10.6 Å². The first-order valence-corrected chi connectivity index (χ1v) is 5.96. The van der Waals surface area contributed by atoms with Crippen LogP contribution in [-0.2, 0) is 19.1 Å². The Balaban J connectivity index is 4.35. The molecule has 0 saturated carbocycles. The molecule has 0 fully saturated rings. The SMILES string of the molecule is CNC(=O)CCC(CC(C)NC(C)=O)C(=O)OC. The molecule has 0 aromatic carbocycles. The lowest BCUT2D eigenvalue weighted by atomic mass is 9.95. The minimum absolute atomic E-state index is 0.115. The van der Waals surface area contributed by atoms with Crippen molar-refractivity contribution < 1.29 is 19.1 Å². The fourth-order valence-corrected chi connectivity index (χ4v) is 1.76. The van der Waals surface area contributed by atoms with Crippen LogP contribution in [-0.4, -0.2) is 38.0 Å². The molecule has 0 aromatic rings. The molecule has 6 nitrogen and oxygen atoms in total. The zero-order chi connectivity index (χ0) is 14.1. The first-order valence-electron chi connectivity index (χ1n) is 5.96. The molecule has 2 unspecified atom stereocenters. The normalized spacial score (nSPS) is 13.3. The Kier molecular flexibility index (Phi) is 7.74. The van der Waals surface area contributed by atoms with E-state index in [1.54, 1.807) is 7.05 Å². The van der Waals surface area contributed by atoms with E-state index in [-0.39, 0.29) is 36.2 Å². The maximum atomic E-state index is 11.6. The lowest BCUT2D eigenvalue weighted by Gasteiger charge is -2.19. The number of carbonyl (C=O) groups excluding carboxylic acids is 3. The Morgan fingerprint density at radius 2 is 1.89 bits per heavy atom. The topological polar surface area (TPSA) is 84.5 Å². The number of carbonyl (C=O) groups is 3. The third-order valence-electron chi connectivity index (χ3n) is 2.62. The molecule has 0 spiro atoms. The van der Waals surface area contributed by atoms with Crippen molar-refractivity contribution in [2.45, 2.75) is 39.2 Å². The molecule has 2 N–H and O–H groups in total. The molecule has 0 aliphatic rings. The third kappa shape index (κ3) is 6.88. The van der Waals surface area contributed by atoms with Gasteiger partial charge >= 0.3 is 5.97 Å². The molecular weight excluding hydrogens is 236 g/mol. The highest BCUT2D eigenvalue weighted by atomic mass is 16.5. The van der Waals surface area contributed by atoms with Crippen LogP contribution in [0.4, 0.5) is 0 Å². The number of hydrogen-bond acceptors (Lipinski definition) is 4. The van der Waals surface area contributed by atoms with Gasteiger partial charge in [0, 0.05) is 26.4 Å². The molecular formula is C12H22N2O4. The highest BCUT2D eigenvalue weighted by molar-refractivity contribution is 5.77. The first kappa shape index (κ1) is 16.4. The summed E-state index contributed by atoms with van der Waals surface area (Å²) in [5, 5.41) is 5.21. The summed E-state index contributed by atoms with van der Waals surface area (Å²) in [5.74, 6) is -0.987. The van der Waals surface area contributed by atoms with Gasteiger partial charge in [-0.05, 0) is 19.8 Å². The fraction of sp³-hybridized carbons (Fsp3) is 0.750. The van der Waals surface area contributed by atoms with E-state index in [2.05, 4.69) is 10.6 Å². The van der Waals surface area contributed by atoms with Crippen LogP contribution >= 0.6 is 0 Å². The maximum Gasteiger partial charge on any atom is 0.308 e. The highest BCUT2D eigenvalue weighted by Crippen LogP contribution is 2.15. The summed E-state index contributed by atoms with van der Waals surface area (Å²) >= 11 is 0. The standard InChI is InChI=1S/C12H22N2O4/c1-8(14-9(2)15)7-10(12(17)18-4)5-6-11(16)13-3/h8,10H,5-7H2,1-4H3,(H,13,16)(H,14,15). The molecule has 0 aliphatic heterocycles. The van der Waals surface area contributed by atoms with Gasteiger partial charge in [0.15, 0.2) is 0 Å². The van der Waals surface area contributed by atoms with Gasteiger partial charge in [0.2, 0.25) is 11.8 Å². The van der Waals surface area contributed by atoms with Crippen molar-refractivity contribution in [2.24, 2.45) is 5.92 Å². The lowest BCUT2D eigenvalue weighted by Crippen LogP contribution is -2.34. The summed E-state index contributed by atoms with van der Waals surface area (Å²) in [7, 11) is 2.87. The number of esters is 1. The number of hydrogen-bond donors (Lipinski definition) is 2. The Hall–Kier alpha value is -1.59. The molecule has 0 saturated heterocycles. The quantitative estimate of drug-likeness (QED) is 0.640. The largest absolute Gasteiger partial charge is 0.469 e. The van der Waals surface area contributed by atoms with E-state index in [4.69, 9.17) is 4.74 Å². The van der Waals surface area contributed by atoms with Crippen LogP contribution in [0.3, 0.4) is 0 Å². The van der Waals surface area contributed by atoms with E-state index >= 15 is 0 Å². The average molecular weight is 258 g/mol. The highest BCUT2D eigenvalue weighted by Gasteiger charge is 2.22. The van der Waals surface area contributed by atoms with Crippen LogP contribution in [0.2, 0.25) is 0 Å². The van der Waals surface area contributed by atoms with Crippen molar-refractivity contribution >= 4 is 17.8 Å². The molecule has 2 amide bonds. The van der Waals surface area contributed by atoms with Crippen LogP contribution < -0.4 is 10.6 Å². The van der Waals surface area contributed by atoms with E-state index in [0.717, 1.165) is 0 Å². The zero-order valence-corrected chi connectivity index (χ0v) is 11.4. The van der Waals surface area contributed by atoms with Crippen molar-refractivity contribution in [3.05, 3.63) is 0 Å². The van der Waals surface area contributed by atoms with Crippen molar-refractivity contribution in [2.75, 3.05) is 14.2 Å². The van der Waals surface area contributed by atoms with Gasteiger partial charge in [0.25, 0.3) is 0 Å². The lowest BCUT2D eigenvalue weighted by molar-refractivity contribution is -0.146. The predicted molar refractivity (Wildman–Crippen MR) is 66.7 cm³/mol. The zero-order valence-electron chi connectivity index (χ0n) is 11.4. The van der Waals surface area contributed by atoms with Crippen molar-refractivity contribution in [1.29, 1.82) is 0 Å². The average Bonchev–Trinajstić information content (AvgIpc) is 2.31. The van der Waals surface area contributed by atoms with Crippen molar-refractivity contribution in [3.8, 4) is 0 Å². The van der Waals surface area contributed by atoms with Crippen LogP contribution in [0.1, 0.15) is 33.1 Å². The summed E-state index contributed by atoms with van der Waals surface area (Å²) in [4.78, 5) is 33.6. The monoisotopic (exact) mass is 258 g/mol. The minimum Gasteiger partial charge on any atom is -0.469 e. The van der Waals surface area contributed by atoms with E-state index in [9.17, 15) is 14.4 Å². The fourth-order valence-electron chi connectivity index (χ4n) is 1.76. The molecule has 0 rings (SSSR count). The van der Waals surface area contributed by atoms with E-state index in [1.807, 2.05) is 6.92 Å². The van der Waals surface area contributed by atoms with Crippen LogP contribution in [0.25, 0.3) is 0 Å². The smallest absolute Gasteiger partial charge is 0.308 e. The Bertz CT molecular complexity index is 304. The maximum absolute atomic E-state index is 11.6. The van der Waals surface area contributed by atoms with Gasteiger partial charge in [-0.25, -0.2) is 0 Å². The summed E-state index contributed by atoms with van der Waals surface area (Å²) in [6, 6.07) is -0.128. The third-order valence-corrected chi connectivity index (χ3v) is 2.62. The number of rotatable bonds is 7. The molecule has 0 heterocycles. The van der Waals surface area contributed by atoms with Crippen molar-refractivity contribution in [3.63, 3.8) is 0 Å². The van der Waals surface area contributed by atoms with Crippen LogP contribution in [0.5, 0.6) is 0 Å². The molecule has 0 aliphatic carbocycles. The van der Waals surface area contributed by atoms with E-state index in [0.29, 0.717) is 12.8 Å². The second-order valence-electron chi connectivity index (χ2n) is 4.27. The minimum atomic E-state index is -0.380. The number of amides is 2. The van der Waals surface area contributed by atoms with E-state index in [1.165, 1.54) is 14.0 Å². The van der Waals surface area contributed by atoms with E-state index < -0.39 is 0 Å². The molecule has 6 heteroatoms. The molecule has 2 atom stereocenters. The van der Waals surface area contributed by atoms with Gasteiger partial charge in [-0.1, -0.05) is 0 Å². The van der Waals surface area contributed by atoms with Gasteiger partial charge in [0.05, 0.1) is 13.0 Å². The van der Waals surface area contributed by atoms with Gasteiger partial charge in [-0.15, -0.1) is 0 Å². The second kappa shape index (κ2) is 8.49. The van der Waals surface area contributed by atoms with Crippen LogP contribution in [0, 0.1) is 5.92 Å². The van der Waals surface area contributed by atoms with Gasteiger partial charge in [0.1, 0.15) is 0 Å². The molecule has 0 bridgehead atoms. The molecule has 0 aromatic heterocycles. The summed E-state index contributed by atoms with van der Waals surface area (Å²) in [6.07, 6.45) is 1.14. The number of ether oxygens (including phenoxy) is 1. The first-order chi connectivity index (χ1) is 8.40. The number of nitrogens with one attached hydrogen (secondary N) is 2. The molecule has 0 radical (unpaired) electrons. The van der Waals surface area contributed by atoms with Crippen LogP contribution in [0.15, 0.2) is 0 Å². The number of methoxy groups -OCH3 is 1.